The zero-order valence-corrected chi connectivity index (χ0v) is 24.8. The van der Waals surface area contributed by atoms with Gasteiger partial charge in [-0.05, 0) is 39.3 Å². The standard InChI is InChI=1S/C28H31ClF3N5O4S/c1-27(2,26(39)40)8-11-36-10-7-18-22(36)28(31,32)14-37(18)13-17-19(25(38)41-3)21(15-5-4-6-16(30)20(15)29)35-23(34-17)24-33-9-12-42-24/h4-6,9,12,18,21-22H,7-8,10-11,13-14H2,1-3H3,(H,34,35)(H,39,40)/t18-,21-,22+/m0/s1. The Hall–Kier alpha value is -3.00. The molecule has 0 aliphatic carbocycles. The zero-order valence-electron chi connectivity index (χ0n) is 23.2. The summed E-state index contributed by atoms with van der Waals surface area (Å²) in [5, 5.41) is 14.6. The summed E-state index contributed by atoms with van der Waals surface area (Å²) >= 11 is 7.62. The second kappa shape index (κ2) is 11.6. The van der Waals surface area contributed by atoms with Crippen LogP contribution >= 0.6 is 22.9 Å². The van der Waals surface area contributed by atoms with Crippen LogP contribution in [0.15, 0.2) is 46.0 Å². The van der Waals surface area contributed by atoms with Gasteiger partial charge in [-0.1, -0.05) is 23.7 Å². The minimum Gasteiger partial charge on any atom is -0.481 e. The molecule has 0 spiro atoms. The summed E-state index contributed by atoms with van der Waals surface area (Å²) in [4.78, 5) is 37.1. The number of carbonyl (C=O) groups is 2. The van der Waals surface area contributed by atoms with Gasteiger partial charge in [-0.3, -0.25) is 19.6 Å². The maximum Gasteiger partial charge on any atom is 0.338 e. The number of hydrogen-bond acceptors (Lipinski definition) is 9. The summed E-state index contributed by atoms with van der Waals surface area (Å²) in [7, 11) is 1.20. The number of carboxylic acid groups (broad SMARTS) is 1. The highest BCUT2D eigenvalue weighted by Gasteiger charge is 2.59. The summed E-state index contributed by atoms with van der Waals surface area (Å²) in [5.74, 6) is -5.20. The smallest absolute Gasteiger partial charge is 0.338 e. The van der Waals surface area contributed by atoms with Crippen molar-refractivity contribution in [3.8, 4) is 0 Å². The van der Waals surface area contributed by atoms with E-state index in [4.69, 9.17) is 16.3 Å². The fourth-order valence-corrected chi connectivity index (χ4v) is 6.70. The predicted octanol–water partition coefficient (Wildman–Crippen LogP) is 4.35. The molecule has 42 heavy (non-hydrogen) atoms. The molecule has 3 atom stereocenters. The Balaban J connectivity index is 1.49. The average molecular weight is 626 g/mol. The quantitative estimate of drug-likeness (QED) is 0.396. The number of aliphatic carboxylic acids is 1. The Bertz CT molecular complexity index is 1430. The lowest BCUT2D eigenvalue weighted by Gasteiger charge is -2.31. The Morgan fingerprint density at radius 3 is 2.74 bits per heavy atom. The molecule has 1 aromatic carbocycles. The molecule has 3 aliphatic heterocycles. The highest BCUT2D eigenvalue weighted by atomic mass is 35.5. The number of amidine groups is 1. The van der Waals surface area contributed by atoms with Crippen LogP contribution in [0.25, 0.3) is 0 Å². The molecule has 0 unspecified atom stereocenters. The number of thiazole rings is 1. The summed E-state index contributed by atoms with van der Waals surface area (Å²) in [6.45, 7) is 3.15. The highest BCUT2D eigenvalue weighted by Crippen LogP contribution is 2.43. The first kappa shape index (κ1) is 30.5. The first-order valence-corrected chi connectivity index (χ1v) is 14.7. The minimum atomic E-state index is -3.08. The molecule has 3 aliphatic rings. The van der Waals surface area contributed by atoms with Gasteiger partial charge < -0.3 is 15.2 Å². The molecule has 2 fully saturated rings. The number of carbonyl (C=O) groups excluding carboxylic acids is 1. The Kier molecular flexibility index (Phi) is 8.40. The van der Waals surface area contributed by atoms with Crippen molar-refractivity contribution < 1.29 is 32.6 Å². The average Bonchev–Trinajstić information content (AvgIpc) is 3.67. The summed E-state index contributed by atoms with van der Waals surface area (Å²) < 4.78 is 50.8. The molecule has 0 amide bonds. The fourth-order valence-electron chi connectivity index (χ4n) is 5.88. The summed E-state index contributed by atoms with van der Waals surface area (Å²) in [5.41, 5.74) is -0.497. The number of alkyl halides is 2. The van der Waals surface area contributed by atoms with E-state index >= 15 is 8.78 Å². The van der Waals surface area contributed by atoms with Crippen molar-refractivity contribution in [1.29, 1.82) is 0 Å². The van der Waals surface area contributed by atoms with E-state index in [0.717, 1.165) is 0 Å². The summed E-state index contributed by atoms with van der Waals surface area (Å²) in [6.07, 6.45) is 2.25. The topological polar surface area (TPSA) is 107 Å². The van der Waals surface area contributed by atoms with E-state index in [1.807, 2.05) is 0 Å². The molecule has 2 saturated heterocycles. The van der Waals surface area contributed by atoms with Crippen LogP contribution in [-0.4, -0.2) is 89.0 Å². The number of benzene rings is 1. The number of methoxy groups -OCH3 is 1. The van der Waals surface area contributed by atoms with Gasteiger partial charge in [0.1, 0.15) is 11.9 Å². The molecule has 0 radical (unpaired) electrons. The van der Waals surface area contributed by atoms with E-state index in [2.05, 4.69) is 15.3 Å². The fraction of sp³-hybridized carbons (Fsp3) is 0.500. The maximum atomic E-state index is 15.6. The number of nitrogens with zero attached hydrogens (tertiary/aromatic N) is 4. The van der Waals surface area contributed by atoms with Crippen molar-refractivity contribution in [2.45, 2.75) is 50.7 Å². The van der Waals surface area contributed by atoms with Gasteiger partial charge in [0.25, 0.3) is 5.92 Å². The van der Waals surface area contributed by atoms with Crippen molar-refractivity contribution in [1.82, 2.24) is 20.1 Å². The molecule has 0 saturated carbocycles. The molecule has 0 bridgehead atoms. The van der Waals surface area contributed by atoms with E-state index in [-0.39, 0.29) is 41.4 Å². The van der Waals surface area contributed by atoms with E-state index < -0.39 is 53.8 Å². The first-order chi connectivity index (χ1) is 19.8. The molecule has 9 nitrogen and oxygen atoms in total. The van der Waals surface area contributed by atoms with E-state index in [9.17, 15) is 19.1 Å². The normalized spacial score (nSPS) is 24.4. The highest BCUT2D eigenvalue weighted by molar-refractivity contribution is 7.11. The van der Waals surface area contributed by atoms with Crippen LogP contribution in [0, 0.1) is 11.2 Å². The van der Waals surface area contributed by atoms with Crippen LogP contribution in [0.3, 0.4) is 0 Å². The van der Waals surface area contributed by atoms with E-state index in [1.54, 1.807) is 41.3 Å². The van der Waals surface area contributed by atoms with Crippen molar-refractivity contribution in [2.24, 2.45) is 10.4 Å². The van der Waals surface area contributed by atoms with Gasteiger partial charge in [-0.2, -0.15) is 0 Å². The predicted molar refractivity (Wildman–Crippen MR) is 151 cm³/mol. The van der Waals surface area contributed by atoms with Gasteiger partial charge in [0.15, 0.2) is 10.8 Å². The number of carboxylic acids is 1. The van der Waals surface area contributed by atoms with Gasteiger partial charge in [0.2, 0.25) is 0 Å². The molecule has 5 rings (SSSR count). The van der Waals surface area contributed by atoms with Crippen LogP contribution in [0.2, 0.25) is 5.02 Å². The van der Waals surface area contributed by atoms with Crippen molar-refractivity contribution >= 4 is 40.7 Å². The maximum absolute atomic E-state index is 15.6. The lowest BCUT2D eigenvalue weighted by molar-refractivity contribution is -0.147. The number of aliphatic imine (C=N–C) groups is 1. The number of esters is 1. The number of nitrogens with one attached hydrogen (secondary N) is 1. The van der Waals surface area contributed by atoms with Crippen LogP contribution in [0.4, 0.5) is 13.2 Å². The van der Waals surface area contributed by atoms with Crippen molar-refractivity contribution in [3.05, 3.63) is 62.5 Å². The third kappa shape index (κ3) is 5.67. The number of aromatic nitrogens is 1. The number of rotatable bonds is 9. The van der Waals surface area contributed by atoms with Crippen LogP contribution in [0.5, 0.6) is 0 Å². The van der Waals surface area contributed by atoms with Crippen molar-refractivity contribution in [3.63, 3.8) is 0 Å². The van der Waals surface area contributed by atoms with Gasteiger partial charge in [-0.15, -0.1) is 11.3 Å². The molecule has 226 valence electrons. The summed E-state index contributed by atoms with van der Waals surface area (Å²) in [6, 6.07) is 1.48. The second-order valence-electron chi connectivity index (χ2n) is 11.3. The van der Waals surface area contributed by atoms with Crippen LogP contribution in [0.1, 0.15) is 43.3 Å². The van der Waals surface area contributed by atoms with Gasteiger partial charge in [-0.25, -0.2) is 22.9 Å². The van der Waals surface area contributed by atoms with Crippen molar-refractivity contribution in [2.75, 3.05) is 33.3 Å². The van der Waals surface area contributed by atoms with Crippen LogP contribution < -0.4 is 5.32 Å². The Morgan fingerprint density at radius 2 is 2.07 bits per heavy atom. The first-order valence-electron chi connectivity index (χ1n) is 13.4. The number of fused-ring (bicyclic) bond motifs is 1. The SMILES string of the molecule is COC(=O)C1=C(CN2CC(F)(F)[C@H]3[C@@H]2CCN3CCC(C)(C)C(=O)O)NC(c2nccs2)=N[C@H]1c1cccc(F)c1Cl. The molecular weight excluding hydrogens is 595 g/mol. The van der Waals surface area contributed by atoms with E-state index in [0.29, 0.717) is 23.8 Å². The lowest BCUT2D eigenvalue weighted by Crippen LogP contribution is -2.46. The number of halogens is 4. The molecule has 14 heteroatoms. The number of likely N-dealkylation sites (tertiary alicyclic amines) is 2. The molecule has 1 aromatic heterocycles. The second-order valence-corrected chi connectivity index (χ2v) is 12.6. The Labute approximate surface area is 250 Å². The lowest BCUT2D eigenvalue weighted by atomic mass is 9.89. The number of ether oxygens (including phenoxy) is 1. The van der Waals surface area contributed by atoms with Crippen LogP contribution in [-0.2, 0) is 14.3 Å². The third-order valence-electron chi connectivity index (χ3n) is 8.19. The molecule has 2 N–H and O–H groups in total. The molecular formula is C28H31ClF3N5O4S. The van der Waals surface area contributed by atoms with Gasteiger partial charge >= 0.3 is 11.9 Å². The molecule has 4 heterocycles. The van der Waals surface area contributed by atoms with E-state index in [1.165, 1.54) is 30.6 Å². The Morgan fingerprint density at radius 1 is 1.31 bits per heavy atom. The monoisotopic (exact) mass is 625 g/mol. The zero-order chi connectivity index (χ0) is 30.4. The van der Waals surface area contributed by atoms with Gasteiger partial charge in [0.05, 0.1) is 35.7 Å². The van der Waals surface area contributed by atoms with Gasteiger partial charge in [0, 0.05) is 42.0 Å². The molecule has 2 aromatic rings. The minimum absolute atomic E-state index is 0.0372. The largest absolute Gasteiger partial charge is 0.481 e. The third-order valence-corrected chi connectivity index (χ3v) is 9.37. The number of hydrogen-bond donors (Lipinski definition) is 2.